The fourth-order valence-corrected chi connectivity index (χ4v) is 9.74. The number of aliphatic imine (C=N–C) groups is 2. The third-order valence-electron chi connectivity index (χ3n) is 3.33. The number of thioether (sulfide) groups is 11. The lowest BCUT2D eigenvalue weighted by atomic mass is 11.1. The second kappa shape index (κ2) is 41.3. The SMILES string of the molecule is O=C(NCSCSC/N=C/OOCSCSCSCOC(=O)NCSCSC/N=C/OOCSCSCO)OCSCSCO. The molecule has 0 radical (unpaired) electrons. The van der Waals surface area contributed by atoms with Gasteiger partial charge in [-0.25, -0.2) is 19.6 Å². The first-order chi connectivity index (χ1) is 22.2. The summed E-state index contributed by atoms with van der Waals surface area (Å²) in [6.07, 6.45) is 1.60. The molecule has 0 rings (SSSR count). The number of nitrogens with one attached hydrogen (secondary N) is 2. The van der Waals surface area contributed by atoms with Crippen molar-refractivity contribution in [3.05, 3.63) is 0 Å². The van der Waals surface area contributed by atoms with E-state index in [0.29, 0.717) is 40.5 Å². The Morgan fingerprint density at radius 2 is 0.933 bits per heavy atom. The van der Waals surface area contributed by atoms with Crippen LogP contribution in [-0.4, -0.2) is 125 Å². The first kappa shape index (κ1) is 46.2. The van der Waals surface area contributed by atoms with Crippen LogP contribution in [0.3, 0.4) is 0 Å². The Kier molecular flexibility index (Phi) is 42.4. The van der Waals surface area contributed by atoms with Crippen molar-refractivity contribution in [2.24, 2.45) is 9.98 Å². The topological polar surface area (TPSA) is 179 Å². The Hall–Kier alpha value is 1.17. The lowest BCUT2D eigenvalue weighted by Gasteiger charge is -2.06. The number of hydrogen-bond acceptors (Lipinski definition) is 23. The van der Waals surface area contributed by atoms with E-state index in [-0.39, 0.29) is 23.8 Å². The first-order valence-corrected chi connectivity index (χ1v) is 24.8. The van der Waals surface area contributed by atoms with Crippen LogP contribution in [0.15, 0.2) is 9.98 Å². The minimum atomic E-state index is -0.460. The Morgan fingerprint density at radius 1 is 0.533 bits per heavy atom. The van der Waals surface area contributed by atoms with Gasteiger partial charge in [0.15, 0.2) is 0 Å². The van der Waals surface area contributed by atoms with Gasteiger partial charge >= 0.3 is 12.2 Å². The monoisotopic (exact) mass is 846 g/mol. The van der Waals surface area contributed by atoms with Crippen molar-refractivity contribution in [1.82, 2.24) is 10.6 Å². The van der Waals surface area contributed by atoms with Crippen LogP contribution in [0.2, 0.25) is 0 Å². The van der Waals surface area contributed by atoms with E-state index in [4.69, 9.17) is 39.2 Å². The summed E-state index contributed by atoms with van der Waals surface area (Å²) in [5.74, 6) is 3.33. The predicted octanol–water partition coefficient (Wildman–Crippen LogP) is 5.76. The number of nitrogens with zero attached hydrogens (tertiary/aromatic N) is 2. The van der Waals surface area contributed by atoms with Gasteiger partial charge in [-0.2, -0.15) is 9.78 Å². The average Bonchev–Trinajstić information content (AvgIpc) is 3.04. The standard InChI is InChI=1S/C20H38N4O10S11/c25-7-39-15-41-9-29-19(27)23-5-37-13-36-4-22-2-32-34-12-44-18-45-17-42-10-30-20(28)24-6-38-14-35-3-21-1-31-33-11-43-16-40-8-26/h1-2,25-26H,3-18H2,(H,23,27)(H,24,28)/b21-1+,22-2+. The molecule has 0 aromatic carbocycles. The molecule has 45 heavy (non-hydrogen) atoms. The Labute approximate surface area is 310 Å². The minimum Gasteiger partial charge on any atom is -0.438 e. The molecule has 264 valence electrons. The molecule has 0 atom stereocenters. The fraction of sp³-hybridized carbons (Fsp3) is 0.800. The van der Waals surface area contributed by atoms with Crippen molar-refractivity contribution < 1.29 is 48.8 Å². The smallest absolute Gasteiger partial charge is 0.408 e. The molecule has 0 aliphatic heterocycles. The lowest BCUT2D eigenvalue weighted by molar-refractivity contribution is -0.196. The summed E-state index contributed by atoms with van der Waals surface area (Å²) in [7, 11) is 0. The highest BCUT2D eigenvalue weighted by Crippen LogP contribution is 2.18. The molecule has 0 saturated heterocycles. The number of hydrogen-bond donors (Lipinski definition) is 4. The minimum absolute atomic E-state index is 0.0567. The van der Waals surface area contributed by atoms with E-state index in [1.54, 1.807) is 58.8 Å². The van der Waals surface area contributed by atoms with Crippen LogP contribution in [0.25, 0.3) is 0 Å². The summed E-state index contributed by atoms with van der Waals surface area (Å²) in [5.41, 5.74) is 0. The predicted molar refractivity (Wildman–Crippen MR) is 206 cm³/mol. The highest BCUT2D eigenvalue weighted by molar-refractivity contribution is 8.22. The Bertz CT molecular complexity index is 730. The number of amides is 2. The molecule has 0 aromatic rings. The normalized spacial score (nSPS) is 11.2. The van der Waals surface area contributed by atoms with Crippen molar-refractivity contribution in [3.63, 3.8) is 0 Å². The number of carbonyl (C=O) groups is 2. The van der Waals surface area contributed by atoms with Crippen LogP contribution in [-0.2, 0) is 29.0 Å². The van der Waals surface area contributed by atoms with Gasteiger partial charge < -0.3 is 40.1 Å². The summed E-state index contributed by atoms with van der Waals surface area (Å²) < 4.78 is 10.1. The average molecular weight is 847 g/mol. The van der Waals surface area contributed by atoms with Crippen molar-refractivity contribution in [3.8, 4) is 0 Å². The van der Waals surface area contributed by atoms with Gasteiger partial charge in [-0.1, -0.05) is 0 Å². The zero-order valence-corrected chi connectivity index (χ0v) is 33.0. The van der Waals surface area contributed by atoms with Crippen LogP contribution in [0.1, 0.15) is 0 Å². The summed E-state index contributed by atoms with van der Waals surface area (Å²) in [6, 6.07) is 0. The van der Waals surface area contributed by atoms with Gasteiger partial charge in [0.05, 0.1) is 35.4 Å². The molecule has 0 bridgehead atoms. The van der Waals surface area contributed by atoms with Crippen LogP contribution < -0.4 is 10.6 Å². The number of ether oxygens (including phenoxy) is 2. The molecule has 0 heterocycles. The molecule has 0 aromatic heterocycles. The quantitative estimate of drug-likeness (QED) is 0.0153. The molecule has 0 aliphatic rings. The largest absolute Gasteiger partial charge is 0.438 e. The molecule has 2 amide bonds. The third kappa shape index (κ3) is 41.3. The Morgan fingerprint density at radius 3 is 1.38 bits per heavy atom. The van der Waals surface area contributed by atoms with Crippen LogP contribution in [0.4, 0.5) is 9.59 Å². The molecule has 25 heteroatoms. The highest BCUT2D eigenvalue weighted by atomic mass is 32.2. The number of rotatable bonds is 34. The van der Waals surface area contributed by atoms with E-state index < -0.39 is 12.2 Å². The van der Waals surface area contributed by atoms with Gasteiger partial charge in [-0.15, -0.1) is 129 Å². The first-order valence-electron chi connectivity index (χ1n) is 12.1. The summed E-state index contributed by atoms with van der Waals surface area (Å²) in [5, 5.41) is 27.1. The van der Waals surface area contributed by atoms with Gasteiger partial charge in [-0.05, 0) is 0 Å². The fourth-order valence-electron chi connectivity index (χ4n) is 1.68. The maximum absolute atomic E-state index is 11.7. The molecule has 0 saturated carbocycles. The van der Waals surface area contributed by atoms with Crippen molar-refractivity contribution in [1.29, 1.82) is 0 Å². The van der Waals surface area contributed by atoms with Gasteiger partial charge in [0, 0.05) is 30.5 Å². The molecule has 0 fully saturated rings. The van der Waals surface area contributed by atoms with Crippen molar-refractivity contribution >= 4 is 154 Å². The summed E-state index contributed by atoms with van der Waals surface area (Å²) >= 11 is 16.6. The van der Waals surface area contributed by atoms with Crippen LogP contribution in [0.5, 0.6) is 0 Å². The zero-order chi connectivity index (χ0) is 32.7. The van der Waals surface area contributed by atoms with Gasteiger partial charge in [0.2, 0.25) is 12.8 Å². The Balaban J connectivity index is 3.27. The maximum atomic E-state index is 11.7. The van der Waals surface area contributed by atoms with Crippen molar-refractivity contribution in [2.45, 2.75) is 0 Å². The number of carbonyl (C=O) groups excluding carboxylic acids is 2. The van der Waals surface area contributed by atoms with E-state index in [9.17, 15) is 9.59 Å². The maximum Gasteiger partial charge on any atom is 0.408 e. The second-order valence-electron chi connectivity index (χ2n) is 6.45. The van der Waals surface area contributed by atoms with Gasteiger partial charge in [0.25, 0.3) is 0 Å². The molecule has 4 N–H and O–H groups in total. The zero-order valence-electron chi connectivity index (χ0n) is 24.0. The second-order valence-corrected chi connectivity index (χ2v) is 19.2. The van der Waals surface area contributed by atoms with E-state index in [1.807, 2.05) is 0 Å². The van der Waals surface area contributed by atoms with E-state index in [2.05, 4.69) is 20.6 Å². The summed E-state index contributed by atoms with van der Waals surface area (Å²) in [6.45, 7) is 0. The van der Waals surface area contributed by atoms with E-state index in [0.717, 1.165) is 25.4 Å². The third-order valence-corrected chi connectivity index (χ3v) is 14.2. The van der Waals surface area contributed by atoms with Gasteiger partial charge in [-0.3, -0.25) is 0 Å². The van der Waals surface area contributed by atoms with Crippen molar-refractivity contribution in [2.75, 3.05) is 89.6 Å². The van der Waals surface area contributed by atoms with E-state index in [1.165, 1.54) is 83.4 Å². The highest BCUT2D eigenvalue weighted by Gasteiger charge is 2.02. The van der Waals surface area contributed by atoms with Gasteiger partial charge in [0.1, 0.15) is 23.8 Å². The van der Waals surface area contributed by atoms with E-state index >= 15 is 0 Å². The lowest BCUT2D eigenvalue weighted by Crippen LogP contribution is -2.23. The molecular weight excluding hydrogens is 809 g/mol. The molecular formula is C20H38N4O10S11. The van der Waals surface area contributed by atoms with Crippen LogP contribution >= 0.6 is 129 Å². The molecule has 0 aliphatic carbocycles. The number of alkyl carbamates (subject to hydrolysis) is 2. The number of aliphatic hydroxyl groups is 2. The molecule has 14 nitrogen and oxygen atoms in total. The summed E-state index contributed by atoms with van der Waals surface area (Å²) in [4.78, 5) is 50.8. The molecule has 0 spiro atoms. The van der Waals surface area contributed by atoms with Crippen LogP contribution in [0, 0.1) is 0 Å². The number of aliphatic hydroxyl groups excluding tert-OH is 2. The molecule has 0 unspecified atom stereocenters.